The third-order valence-corrected chi connectivity index (χ3v) is 4.56. The Hall–Kier alpha value is -1.06. The quantitative estimate of drug-likeness (QED) is 0.232. The van der Waals surface area contributed by atoms with E-state index in [1.165, 1.54) is 44.9 Å². The van der Waals surface area contributed by atoms with Gasteiger partial charge in [0.1, 0.15) is 6.10 Å². The van der Waals surface area contributed by atoms with Gasteiger partial charge in [0.25, 0.3) is 0 Å². The van der Waals surface area contributed by atoms with E-state index in [0.29, 0.717) is 12.8 Å². The van der Waals surface area contributed by atoms with E-state index in [2.05, 4.69) is 13.8 Å². The summed E-state index contributed by atoms with van der Waals surface area (Å²) in [5, 5.41) is 9.00. The number of hydrogen-bond donors (Lipinski definition) is 1. The molecule has 0 aromatic rings. The highest BCUT2D eigenvalue weighted by Gasteiger charge is 2.17. The summed E-state index contributed by atoms with van der Waals surface area (Å²) in [6.45, 7) is 4.36. The topological polar surface area (TPSA) is 63.6 Å². The highest BCUT2D eigenvalue weighted by Crippen LogP contribution is 2.15. The number of ether oxygens (including phenoxy) is 1. The Morgan fingerprint density at radius 2 is 1.24 bits per heavy atom. The van der Waals surface area contributed by atoms with Gasteiger partial charge >= 0.3 is 11.9 Å². The highest BCUT2D eigenvalue weighted by atomic mass is 16.5. The summed E-state index contributed by atoms with van der Waals surface area (Å²) in [5.74, 6) is -1.13. The van der Waals surface area contributed by atoms with Crippen molar-refractivity contribution in [2.75, 3.05) is 0 Å². The van der Waals surface area contributed by atoms with Crippen LogP contribution in [0, 0.1) is 0 Å². The first-order valence-electron chi connectivity index (χ1n) is 10.5. The first-order chi connectivity index (χ1) is 12.1. The zero-order chi connectivity index (χ0) is 18.8. The van der Waals surface area contributed by atoms with Crippen molar-refractivity contribution in [2.24, 2.45) is 0 Å². The Morgan fingerprint density at radius 3 is 1.76 bits per heavy atom. The molecule has 4 heteroatoms. The first kappa shape index (κ1) is 23.9. The Bertz CT molecular complexity index is 328. The van der Waals surface area contributed by atoms with Crippen molar-refractivity contribution in [3.8, 4) is 0 Å². The van der Waals surface area contributed by atoms with E-state index in [1.807, 2.05) is 0 Å². The van der Waals surface area contributed by atoms with Crippen molar-refractivity contribution in [3.05, 3.63) is 0 Å². The van der Waals surface area contributed by atoms with Crippen LogP contribution in [0.2, 0.25) is 0 Å². The molecule has 1 N–H and O–H groups in total. The third-order valence-electron chi connectivity index (χ3n) is 4.56. The van der Waals surface area contributed by atoms with E-state index in [9.17, 15) is 9.59 Å². The van der Waals surface area contributed by atoms with Crippen molar-refractivity contribution >= 4 is 11.9 Å². The lowest BCUT2D eigenvalue weighted by atomic mass is 10.0. The Labute approximate surface area is 154 Å². The molecular formula is C21H40O4. The van der Waals surface area contributed by atoms with Crippen LogP contribution in [0.25, 0.3) is 0 Å². The van der Waals surface area contributed by atoms with Crippen molar-refractivity contribution in [1.82, 2.24) is 0 Å². The number of aliphatic carboxylic acids is 1. The lowest BCUT2D eigenvalue weighted by molar-refractivity contribution is -0.153. The van der Waals surface area contributed by atoms with Crippen LogP contribution >= 0.6 is 0 Å². The number of hydrogen-bond acceptors (Lipinski definition) is 3. The van der Waals surface area contributed by atoms with E-state index in [1.54, 1.807) is 0 Å². The summed E-state index contributed by atoms with van der Waals surface area (Å²) in [5.41, 5.74) is 0. The molecule has 0 aliphatic carbocycles. The Morgan fingerprint density at radius 1 is 0.760 bits per heavy atom. The molecule has 0 spiro atoms. The number of carbonyl (C=O) groups is 2. The zero-order valence-electron chi connectivity index (χ0n) is 16.6. The number of rotatable bonds is 18. The van der Waals surface area contributed by atoms with Crippen molar-refractivity contribution in [2.45, 2.75) is 123 Å². The predicted octanol–water partition coefficient (Wildman–Crippen LogP) is 6.26. The van der Waals surface area contributed by atoms with Crippen LogP contribution in [0.5, 0.6) is 0 Å². The van der Waals surface area contributed by atoms with Crippen LogP contribution in [-0.4, -0.2) is 23.1 Å². The maximum atomic E-state index is 11.8. The third kappa shape index (κ3) is 17.6. The molecule has 148 valence electrons. The minimum atomic E-state index is -0.889. The van der Waals surface area contributed by atoms with Gasteiger partial charge < -0.3 is 9.84 Å². The molecule has 0 saturated heterocycles. The van der Waals surface area contributed by atoms with E-state index in [-0.39, 0.29) is 12.4 Å². The van der Waals surface area contributed by atoms with Crippen molar-refractivity contribution in [3.63, 3.8) is 0 Å². The smallest absolute Gasteiger partial charge is 0.307 e. The largest absolute Gasteiger partial charge is 0.481 e. The van der Waals surface area contributed by atoms with Crippen LogP contribution in [0.3, 0.4) is 0 Å². The minimum Gasteiger partial charge on any atom is -0.481 e. The van der Waals surface area contributed by atoms with E-state index < -0.39 is 12.1 Å². The van der Waals surface area contributed by atoms with Gasteiger partial charge in [0.05, 0.1) is 6.42 Å². The second-order valence-electron chi connectivity index (χ2n) is 7.14. The molecule has 0 heterocycles. The fraction of sp³-hybridized carbons (Fsp3) is 0.905. The van der Waals surface area contributed by atoms with Crippen molar-refractivity contribution in [1.29, 1.82) is 0 Å². The van der Waals surface area contributed by atoms with Gasteiger partial charge in [0.2, 0.25) is 0 Å². The van der Waals surface area contributed by atoms with Gasteiger partial charge in [0, 0.05) is 6.42 Å². The number of carbonyl (C=O) groups excluding carboxylic acids is 1. The molecular weight excluding hydrogens is 316 g/mol. The van der Waals surface area contributed by atoms with Crippen LogP contribution in [0.4, 0.5) is 0 Å². The fourth-order valence-electron chi connectivity index (χ4n) is 3.02. The fourth-order valence-corrected chi connectivity index (χ4v) is 3.02. The molecule has 1 atom stereocenters. The number of carboxylic acid groups (broad SMARTS) is 1. The van der Waals surface area contributed by atoms with Gasteiger partial charge in [-0.1, -0.05) is 84.5 Å². The molecule has 0 unspecified atom stereocenters. The molecule has 0 aliphatic rings. The molecule has 0 saturated carbocycles. The molecule has 0 aliphatic heterocycles. The molecule has 0 radical (unpaired) electrons. The molecule has 0 aromatic carbocycles. The molecule has 4 nitrogen and oxygen atoms in total. The van der Waals surface area contributed by atoms with Crippen LogP contribution in [0.1, 0.15) is 117 Å². The van der Waals surface area contributed by atoms with Crippen LogP contribution in [0.15, 0.2) is 0 Å². The SMILES string of the molecule is CCCCCCCCCCC[C@H](CC(=O)O)OC(=O)CCCCCC. The normalized spacial score (nSPS) is 12.1. The van der Waals surface area contributed by atoms with Crippen LogP contribution < -0.4 is 0 Å². The summed E-state index contributed by atoms with van der Waals surface area (Å²) in [6.07, 6.45) is 15.7. The molecule has 0 rings (SSSR count). The van der Waals surface area contributed by atoms with Crippen LogP contribution in [-0.2, 0) is 14.3 Å². The Kier molecular flexibility index (Phi) is 17.0. The summed E-state index contributed by atoms with van der Waals surface area (Å²) in [4.78, 5) is 22.8. The Balaban J connectivity index is 3.80. The summed E-state index contributed by atoms with van der Waals surface area (Å²) >= 11 is 0. The molecule has 0 amide bonds. The lowest BCUT2D eigenvalue weighted by Crippen LogP contribution is -2.21. The van der Waals surface area contributed by atoms with Gasteiger partial charge in [0.15, 0.2) is 0 Å². The summed E-state index contributed by atoms with van der Waals surface area (Å²) in [6, 6.07) is 0. The van der Waals surface area contributed by atoms with Gasteiger partial charge in [-0.3, -0.25) is 9.59 Å². The summed E-state index contributed by atoms with van der Waals surface area (Å²) in [7, 11) is 0. The number of carboxylic acids is 1. The predicted molar refractivity (Wildman–Crippen MR) is 103 cm³/mol. The number of unbranched alkanes of at least 4 members (excludes halogenated alkanes) is 11. The standard InChI is InChI=1S/C21H40O4/c1-3-5-7-9-10-11-12-13-14-16-19(18-20(22)23)25-21(24)17-15-8-6-4-2/h19H,3-18H2,1-2H3,(H,22,23)/t19-/m1/s1. The second kappa shape index (κ2) is 17.8. The number of esters is 1. The van der Waals surface area contributed by atoms with Gasteiger partial charge in [-0.05, 0) is 19.3 Å². The average molecular weight is 357 g/mol. The van der Waals surface area contributed by atoms with E-state index >= 15 is 0 Å². The second-order valence-corrected chi connectivity index (χ2v) is 7.14. The molecule has 25 heavy (non-hydrogen) atoms. The van der Waals surface area contributed by atoms with Crippen molar-refractivity contribution < 1.29 is 19.4 Å². The average Bonchev–Trinajstić information content (AvgIpc) is 2.56. The van der Waals surface area contributed by atoms with Gasteiger partial charge in [-0.25, -0.2) is 0 Å². The summed E-state index contributed by atoms with van der Waals surface area (Å²) < 4.78 is 5.39. The van der Waals surface area contributed by atoms with E-state index in [4.69, 9.17) is 9.84 Å². The van der Waals surface area contributed by atoms with Gasteiger partial charge in [-0.15, -0.1) is 0 Å². The van der Waals surface area contributed by atoms with Gasteiger partial charge in [-0.2, -0.15) is 0 Å². The molecule has 0 aromatic heterocycles. The highest BCUT2D eigenvalue weighted by molar-refractivity contribution is 5.71. The zero-order valence-corrected chi connectivity index (χ0v) is 16.6. The monoisotopic (exact) mass is 356 g/mol. The maximum absolute atomic E-state index is 11.8. The maximum Gasteiger partial charge on any atom is 0.307 e. The molecule has 0 fully saturated rings. The molecule has 0 bridgehead atoms. The lowest BCUT2D eigenvalue weighted by Gasteiger charge is -2.16. The first-order valence-corrected chi connectivity index (χ1v) is 10.5. The minimum absolute atomic E-state index is 0.0717. The van der Waals surface area contributed by atoms with E-state index in [0.717, 1.165) is 38.5 Å².